The van der Waals surface area contributed by atoms with E-state index in [1.165, 1.54) is 31.5 Å². The summed E-state index contributed by atoms with van der Waals surface area (Å²) in [7, 11) is 0. The maximum absolute atomic E-state index is 12.6. The Kier molecular flexibility index (Phi) is 5.95. The topological polar surface area (TPSA) is 50.2 Å². The number of rotatable bonds is 6. The second kappa shape index (κ2) is 8.78. The van der Waals surface area contributed by atoms with Crippen molar-refractivity contribution in [2.75, 3.05) is 13.1 Å². The van der Waals surface area contributed by atoms with Gasteiger partial charge in [0.2, 0.25) is 5.91 Å². The van der Waals surface area contributed by atoms with E-state index in [1.54, 1.807) is 6.33 Å². The number of nitrogens with one attached hydrogen (secondary N) is 1. The van der Waals surface area contributed by atoms with Crippen molar-refractivity contribution in [2.24, 2.45) is 5.92 Å². The number of hydrogen-bond acceptors (Lipinski definition) is 3. The normalized spacial score (nSPS) is 16.8. The minimum absolute atomic E-state index is 0.000309. The lowest BCUT2D eigenvalue weighted by Gasteiger charge is -2.30. The maximum Gasteiger partial charge on any atom is 0.243 e. The van der Waals surface area contributed by atoms with E-state index in [2.05, 4.69) is 46.4 Å². The summed E-state index contributed by atoms with van der Waals surface area (Å²) in [6.45, 7) is 8.20. The van der Waals surface area contributed by atoms with Gasteiger partial charge in [0.15, 0.2) is 0 Å². The summed E-state index contributed by atoms with van der Waals surface area (Å²) < 4.78 is 1.92. The zero-order valence-electron chi connectivity index (χ0n) is 17.3. The molecule has 1 N–H and O–H groups in total. The van der Waals surface area contributed by atoms with Gasteiger partial charge in [0.1, 0.15) is 6.04 Å². The van der Waals surface area contributed by atoms with Gasteiger partial charge in [-0.2, -0.15) is 0 Å². The molecule has 29 heavy (non-hydrogen) atoms. The number of nitrogens with zero attached hydrogens (tertiary/aromatic N) is 3. The second-order valence-corrected chi connectivity index (χ2v) is 8.31. The first-order chi connectivity index (χ1) is 14.1. The molecule has 152 valence electrons. The van der Waals surface area contributed by atoms with Gasteiger partial charge in [0.25, 0.3) is 0 Å². The Morgan fingerprint density at radius 2 is 1.79 bits per heavy atom. The van der Waals surface area contributed by atoms with E-state index < -0.39 is 0 Å². The van der Waals surface area contributed by atoms with Crippen molar-refractivity contribution in [3.8, 4) is 0 Å². The molecule has 0 spiro atoms. The molecule has 1 aromatic heterocycles. The van der Waals surface area contributed by atoms with Crippen molar-refractivity contribution in [1.82, 2.24) is 19.8 Å². The van der Waals surface area contributed by atoms with Crippen LogP contribution in [-0.2, 0) is 17.9 Å². The molecular weight excluding hydrogens is 360 g/mol. The second-order valence-electron chi connectivity index (χ2n) is 8.31. The molecule has 1 amide bonds. The predicted octanol–water partition coefficient (Wildman–Crippen LogP) is 4.15. The molecule has 0 saturated carbocycles. The van der Waals surface area contributed by atoms with Crippen molar-refractivity contribution in [2.45, 2.75) is 45.8 Å². The van der Waals surface area contributed by atoms with Gasteiger partial charge in [-0.15, -0.1) is 0 Å². The zero-order chi connectivity index (χ0) is 20.2. The molecule has 2 aromatic carbocycles. The zero-order valence-corrected chi connectivity index (χ0v) is 17.3. The highest BCUT2D eigenvalue weighted by Gasteiger charge is 2.17. The molecule has 3 aromatic rings. The summed E-state index contributed by atoms with van der Waals surface area (Å²) >= 11 is 0. The summed E-state index contributed by atoms with van der Waals surface area (Å²) in [5.41, 5.74) is 4.35. The van der Waals surface area contributed by atoms with Gasteiger partial charge < -0.3 is 9.88 Å². The Balaban J connectivity index is 1.31. The first kappa shape index (κ1) is 19.6. The van der Waals surface area contributed by atoms with Crippen LogP contribution in [0.15, 0.2) is 54.9 Å². The van der Waals surface area contributed by atoms with Gasteiger partial charge in [-0.25, -0.2) is 4.98 Å². The van der Waals surface area contributed by atoms with Crippen LogP contribution in [-0.4, -0.2) is 33.4 Å². The summed E-state index contributed by atoms with van der Waals surface area (Å²) in [5.74, 6) is 0.861. The lowest BCUT2D eigenvalue weighted by molar-refractivity contribution is -0.123. The molecule has 1 aliphatic rings. The highest BCUT2D eigenvalue weighted by Crippen LogP contribution is 2.19. The Hall–Kier alpha value is -2.66. The fourth-order valence-electron chi connectivity index (χ4n) is 3.99. The standard InChI is InChI=1S/C24H30N4O/c1-18-11-13-27(14-12-18)16-21-9-7-20(8-10-21)15-25-24(29)19(2)28-17-26-22-5-3-4-6-23(22)28/h3-10,17-19H,11-16H2,1-2H3,(H,25,29). The number of carbonyl (C=O) groups excluding carboxylic acids is 1. The van der Waals surface area contributed by atoms with Crippen LogP contribution in [0.1, 0.15) is 43.9 Å². The van der Waals surface area contributed by atoms with Crippen LogP contribution in [0.25, 0.3) is 11.0 Å². The number of fused-ring (bicyclic) bond motifs is 1. The maximum atomic E-state index is 12.6. The number of aromatic nitrogens is 2. The lowest BCUT2D eigenvalue weighted by Crippen LogP contribution is -2.32. The van der Waals surface area contributed by atoms with Crippen LogP contribution in [0.2, 0.25) is 0 Å². The molecule has 1 fully saturated rings. The van der Waals surface area contributed by atoms with Crippen LogP contribution in [0, 0.1) is 5.92 Å². The van der Waals surface area contributed by atoms with Crippen LogP contribution in [0.4, 0.5) is 0 Å². The van der Waals surface area contributed by atoms with Crippen LogP contribution in [0.3, 0.4) is 0 Å². The fourth-order valence-corrected chi connectivity index (χ4v) is 3.99. The average Bonchev–Trinajstić information content (AvgIpc) is 3.18. The van der Waals surface area contributed by atoms with Gasteiger partial charge in [-0.1, -0.05) is 43.3 Å². The first-order valence-electron chi connectivity index (χ1n) is 10.6. The number of benzene rings is 2. The van der Waals surface area contributed by atoms with E-state index in [9.17, 15) is 4.79 Å². The molecule has 1 aliphatic heterocycles. The highest BCUT2D eigenvalue weighted by atomic mass is 16.2. The van der Waals surface area contributed by atoms with Crippen molar-refractivity contribution in [1.29, 1.82) is 0 Å². The van der Waals surface area contributed by atoms with Crippen molar-refractivity contribution in [3.63, 3.8) is 0 Å². The quantitative estimate of drug-likeness (QED) is 0.688. The molecule has 1 atom stereocenters. The molecule has 0 aliphatic carbocycles. The number of para-hydroxylation sites is 2. The largest absolute Gasteiger partial charge is 0.350 e. The molecule has 2 heterocycles. The third kappa shape index (κ3) is 4.67. The number of hydrogen-bond donors (Lipinski definition) is 1. The number of imidazole rings is 1. The predicted molar refractivity (Wildman–Crippen MR) is 116 cm³/mol. The minimum atomic E-state index is -0.303. The van der Waals surface area contributed by atoms with E-state index in [4.69, 9.17) is 0 Å². The van der Waals surface area contributed by atoms with Gasteiger partial charge in [0, 0.05) is 13.1 Å². The van der Waals surface area contributed by atoms with Gasteiger partial charge >= 0.3 is 0 Å². The van der Waals surface area contributed by atoms with Crippen molar-refractivity contribution in [3.05, 3.63) is 66.0 Å². The smallest absolute Gasteiger partial charge is 0.243 e. The lowest BCUT2D eigenvalue weighted by atomic mass is 9.99. The molecule has 0 radical (unpaired) electrons. The summed E-state index contributed by atoms with van der Waals surface area (Å²) in [5, 5.41) is 3.06. The molecule has 0 bridgehead atoms. The Labute approximate surface area is 172 Å². The Morgan fingerprint density at radius 1 is 1.10 bits per heavy atom. The molecular formula is C24H30N4O. The average molecular weight is 391 g/mol. The Morgan fingerprint density at radius 3 is 2.55 bits per heavy atom. The number of likely N-dealkylation sites (tertiary alicyclic amines) is 1. The van der Waals surface area contributed by atoms with E-state index in [1.807, 2.05) is 35.8 Å². The third-order valence-electron chi connectivity index (χ3n) is 6.05. The van der Waals surface area contributed by atoms with E-state index >= 15 is 0 Å². The molecule has 1 unspecified atom stereocenters. The van der Waals surface area contributed by atoms with Gasteiger partial charge in [-0.3, -0.25) is 9.69 Å². The summed E-state index contributed by atoms with van der Waals surface area (Å²) in [6, 6.07) is 16.2. The van der Waals surface area contributed by atoms with Crippen LogP contribution >= 0.6 is 0 Å². The Bertz CT molecular complexity index is 954. The summed E-state index contributed by atoms with van der Waals surface area (Å²) in [4.78, 5) is 19.6. The third-order valence-corrected chi connectivity index (χ3v) is 6.05. The number of carbonyl (C=O) groups is 1. The fraction of sp³-hybridized carbons (Fsp3) is 0.417. The molecule has 5 nitrogen and oxygen atoms in total. The SMILES string of the molecule is CC1CCN(Cc2ccc(CNC(=O)C(C)n3cnc4ccccc43)cc2)CC1. The van der Waals surface area contributed by atoms with Gasteiger partial charge in [0.05, 0.1) is 17.4 Å². The van der Waals surface area contributed by atoms with E-state index in [0.29, 0.717) is 6.54 Å². The highest BCUT2D eigenvalue weighted by molar-refractivity contribution is 5.83. The van der Waals surface area contributed by atoms with Crippen LogP contribution in [0.5, 0.6) is 0 Å². The van der Waals surface area contributed by atoms with Crippen molar-refractivity contribution >= 4 is 16.9 Å². The first-order valence-corrected chi connectivity index (χ1v) is 10.6. The monoisotopic (exact) mass is 390 g/mol. The van der Waals surface area contributed by atoms with E-state index in [-0.39, 0.29) is 11.9 Å². The van der Waals surface area contributed by atoms with Crippen molar-refractivity contribution < 1.29 is 4.79 Å². The summed E-state index contributed by atoms with van der Waals surface area (Å²) in [6.07, 6.45) is 4.34. The molecule has 1 saturated heterocycles. The number of piperidine rings is 1. The molecule has 4 rings (SSSR count). The molecule has 5 heteroatoms. The van der Waals surface area contributed by atoms with Gasteiger partial charge in [-0.05, 0) is 62.0 Å². The van der Waals surface area contributed by atoms with E-state index in [0.717, 1.165) is 29.1 Å². The van der Waals surface area contributed by atoms with Crippen LogP contribution < -0.4 is 5.32 Å². The number of amides is 1. The minimum Gasteiger partial charge on any atom is -0.350 e.